The normalized spacial score (nSPS) is 30.3. The van der Waals surface area contributed by atoms with E-state index in [0.29, 0.717) is 18.2 Å². The summed E-state index contributed by atoms with van der Waals surface area (Å²) in [5.41, 5.74) is 0. The number of ether oxygens (including phenoxy) is 1. The molecule has 0 aromatic heterocycles. The Labute approximate surface area is 114 Å². The van der Waals surface area contributed by atoms with Gasteiger partial charge < -0.3 is 10.1 Å². The van der Waals surface area contributed by atoms with Crippen molar-refractivity contribution < 1.29 is 4.74 Å². The Balaban J connectivity index is 2.25. The highest BCUT2D eigenvalue weighted by molar-refractivity contribution is 4.84. The number of rotatable bonds is 8. The Morgan fingerprint density at radius 2 is 2.00 bits per heavy atom. The van der Waals surface area contributed by atoms with Crippen LogP contribution in [0.25, 0.3) is 0 Å². The maximum absolute atomic E-state index is 6.28. The SMILES string of the molecule is CCCCCCC(C)OC1CC(C)CCC1NC. The van der Waals surface area contributed by atoms with Gasteiger partial charge >= 0.3 is 0 Å². The lowest BCUT2D eigenvalue weighted by Gasteiger charge is -2.36. The molecule has 1 aliphatic carbocycles. The molecule has 0 aliphatic heterocycles. The van der Waals surface area contributed by atoms with Crippen LogP contribution in [0.2, 0.25) is 0 Å². The number of nitrogens with one attached hydrogen (secondary N) is 1. The molecule has 0 radical (unpaired) electrons. The standard InChI is InChI=1S/C16H33NO/c1-5-6-7-8-9-14(3)18-16-12-13(2)10-11-15(16)17-4/h13-17H,5-12H2,1-4H3. The fourth-order valence-electron chi connectivity index (χ4n) is 3.03. The van der Waals surface area contributed by atoms with E-state index in [1.165, 1.54) is 51.4 Å². The topological polar surface area (TPSA) is 21.3 Å². The van der Waals surface area contributed by atoms with E-state index in [4.69, 9.17) is 4.74 Å². The van der Waals surface area contributed by atoms with Crippen molar-refractivity contribution >= 4 is 0 Å². The predicted octanol–water partition coefficient (Wildman–Crippen LogP) is 4.14. The molecule has 4 unspecified atom stereocenters. The number of hydrogen-bond acceptors (Lipinski definition) is 2. The second-order valence-electron chi connectivity index (χ2n) is 6.15. The molecule has 1 N–H and O–H groups in total. The maximum atomic E-state index is 6.28. The summed E-state index contributed by atoms with van der Waals surface area (Å²) in [6.45, 7) is 6.87. The number of hydrogen-bond donors (Lipinski definition) is 1. The molecule has 18 heavy (non-hydrogen) atoms. The van der Waals surface area contributed by atoms with Crippen LogP contribution in [-0.2, 0) is 4.74 Å². The van der Waals surface area contributed by atoms with Gasteiger partial charge in [0.25, 0.3) is 0 Å². The van der Waals surface area contributed by atoms with Crippen molar-refractivity contribution in [3.63, 3.8) is 0 Å². The van der Waals surface area contributed by atoms with E-state index in [-0.39, 0.29) is 0 Å². The van der Waals surface area contributed by atoms with Gasteiger partial charge in [-0.05, 0) is 45.6 Å². The first-order valence-corrected chi connectivity index (χ1v) is 8.00. The van der Waals surface area contributed by atoms with Gasteiger partial charge in [0.2, 0.25) is 0 Å². The van der Waals surface area contributed by atoms with Gasteiger partial charge in [-0.1, -0.05) is 39.5 Å². The molecule has 0 spiro atoms. The first-order chi connectivity index (χ1) is 8.67. The summed E-state index contributed by atoms with van der Waals surface area (Å²) in [5.74, 6) is 0.826. The summed E-state index contributed by atoms with van der Waals surface area (Å²) < 4.78 is 6.28. The van der Waals surface area contributed by atoms with Crippen molar-refractivity contribution in [3.8, 4) is 0 Å². The van der Waals surface area contributed by atoms with Crippen LogP contribution in [0.5, 0.6) is 0 Å². The molecule has 0 amide bonds. The monoisotopic (exact) mass is 255 g/mol. The zero-order valence-electron chi connectivity index (χ0n) is 12.9. The molecule has 2 heteroatoms. The van der Waals surface area contributed by atoms with Crippen LogP contribution >= 0.6 is 0 Å². The second-order valence-corrected chi connectivity index (χ2v) is 6.15. The summed E-state index contributed by atoms with van der Waals surface area (Å²) in [4.78, 5) is 0. The molecule has 0 saturated heterocycles. The minimum atomic E-state index is 0.424. The van der Waals surface area contributed by atoms with Gasteiger partial charge in [-0.2, -0.15) is 0 Å². The Morgan fingerprint density at radius 3 is 2.67 bits per heavy atom. The summed E-state index contributed by atoms with van der Waals surface area (Å²) in [6.07, 6.45) is 11.3. The third-order valence-electron chi connectivity index (χ3n) is 4.30. The first kappa shape index (κ1) is 16.0. The summed E-state index contributed by atoms with van der Waals surface area (Å²) >= 11 is 0. The Morgan fingerprint density at radius 1 is 1.22 bits per heavy atom. The summed E-state index contributed by atoms with van der Waals surface area (Å²) in [5, 5.41) is 3.43. The smallest absolute Gasteiger partial charge is 0.0734 e. The fraction of sp³-hybridized carbons (Fsp3) is 1.00. The molecule has 2 nitrogen and oxygen atoms in total. The van der Waals surface area contributed by atoms with Crippen LogP contribution in [0.15, 0.2) is 0 Å². The molecule has 108 valence electrons. The van der Waals surface area contributed by atoms with E-state index in [0.717, 1.165) is 5.92 Å². The lowest BCUT2D eigenvalue weighted by atomic mass is 9.85. The minimum absolute atomic E-state index is 0.424. The van der Waals surface area contributed by atoms with Crippen molar-refractivity contribution in [2.24, 2.45) is 5.92 Å². The second kappa shape index (κ2) is 8.92. The number of unbranched alkanes of at least 4 members (excludes halogenated alkanes) is 3. The van der Waals surface area contributed by atoms with Gasteiger partial charge in [-0.15, -0.1) is 0 Å². The van der Waals surface area contributed by atoms with Crippen molar-refractivity contribution in [3.05, 3.63) is 0 Å². The van der Waals surface area contributed by atoms with Crippen molar-refractivity contribution in [1.82, 2.24) is 5.32 Å². The third-order valence-corrected chi connectivity index (χ3v) is 4.30. The summed E-state index contributed by atoms with van der Waals surface area (Å²) in [6, 6.07) is 0.569. The van der Waals surface area contributed by atoms with E-state index in [9.17, 15) is 0 Å². The Hall–Kier alpha value is -0.0800. The molecule has 1 fully saturated rings. The highest BCUT2D eigenvalue weighted by atomic mass is 16.5. The van der Waals surface area contributed by atoms with E-state index >= 15 is 0 Å². The molecule has 1 rings (SSSR count). The van der Waals surface area contributed by atoms with E-state index < -0.39 is 0 Å². The van der Waals surface area contributed by atoms with Crippen molar-refractivity contribution in [1.29, 1.82) is 0 Å². The first-order valence-electron chi connectivity index (χ1n) is 8.00. The average molecular weight is 255 g/mol. The average Bonchev–Trinajstić information content (AvgIpc) is 2.35. The molecule has 0 aromatic carbocycles. The van der Waals surface area contributed by atoms with Gasteiger partial charge in [-0.3, -0.25) is 0 Å². The summed E-state index contributed by atoms with van der Waals surface area (Å²) in [7, 11) is 2.07. The van der Waals surface area contributed by atoms with Gasteiger partial charge in [0.1, 0.15) is 0 Å². The largest absolute Gasteiger partial charge is 0.374 e. The van der Waals surface area contributed by atoms with E-state index in [2.05, 4.69) is 33.1 Å². The van der Waals surface area contributed by atoms with Gasteiger partial charge in [0.05, 0.1) is 12.2 Å². The number of likely N-dealkylation sites (N-methyl/N-ethyl adjacent to an activating group) is 1. The lowest BCUT2D eigenvalue weighted by molar-refractivity contribution is -0.0505. The van der Waals surface area contributed by atoms with Crippen LogP contribution in [0.3, 0.4) is 0 Å². The predicted molar refractivity (Wildman–Crippen MR) is 79.0 cm³/mol. The highest BCUT2D eigenvalue weighted by Crippen LogP contribution is 2.27. The van der Waals surface area contributed by atoms with Crippen LogP contribution in [0.4, 0.5) is 0 Å². The quantitative estimate of drug-likeness (QED) is 0.658. The lowest BCUT2D eigenvalue weighted by Crippen LogP contribution is -2.44. The minimum Gasteiger partial charge on any atom is -0.374 e. The molecule has 0 bridgehead atoms. The zero-order valence-corrected chi connectivity index (χ0v) is 12.9. The van der Waals surface area contributed by atoms with Crippen LogP contribution in [0, 0.1) is 5.92 Å². The van der Waals surface area contributed by atoms with E-state index in [1.807, 2.05) is 0 Å². The highest BCUT2D eigenvalue weighted by Gasteiger charge is 2.29. The van der Waals surface area contributed by atoms with Gasteiger partial charge in [0.15, 0.2) is 0 Å². The molecule has 0 heterocycles. The molecule has 4 atom stereocenters. The molecular weight excluding hydrogens is 222 g/mol. The van der Waals surface area contributed by atoms with Crippen LogP contribution < -0.4 is 5.32 Å². The molecule has 1 aliphatic rings. The fourth-order valence-corrected chi connectivity index (χ4v) is 3.03. The van der Waals surface area contributed by atoms with Crippen LogP contribution in [-0.4, -0.2) is 25.3 Å². The van der Waals surface area contributed by atoms with Gasteiger partial charge in [0, 0.05) is 6.04 Å². The molecule has 1 saturated carbocycles. The Bertz CT molecular complexity index is 207. The molecule has 0 aromatic rings. The molecular formula is C16H33NO. The van der Waals surface area contributed by atoms with E-state index in [1.54, 1.807) is 0 Å². The Kier molecular flexibility index (Phi) is 7.92. The third kappa shape index (κ3) is 5.71. The zero-order chi connectivity index (χ0) is 13.4. The van der Waals surface area contributed by atoms with Crippen LogP contribution in [0.1, 0.15) is 72.1 Å². The van der Waals surface area contributed by atoms with Gasteiger partial charge in [-0.25, -0.2) is 0 Å². The van der Waals surface area contributed by atoms with Crippen molar-refractivity contribution in [2.75, 3.05) is 7.05 Å². The maximum Gasteiger partial charge on any atom is 0.0734 e. The van der Waals surface area contributed by atoms with Crippen molar-refractivity contribution in [2.45, 2.75) is 90.4 Å².